The second-order valence-electron chi connectivity index (χ2n) is 6.05. The van der Waals surface area contributed by atoms with Crippen LogP contribution in [0.4, 0.5) is 0 Å². The Balaban J connectivity index is 1.75. The molecule has 0 bridgehead atoms. The lowest BCUT2D eigenvalue weighted by atomic mass is 10.1. The fourth-order valence-electron chi connectivity index (χ4n) is 2.58. The molecule has 94 valence electrons. The van der Waals surface area contributed by atoms with Crippen molar-refractivity contribution in [2.75, 3.05) is 20.2 Å². The maximum atomic E-state index is 5.43. The number of rotatable bonds is 5. The van der Waals surface area contributed by atoms with Crippen LogP contribution >= 0.6 is 0 Å². The predicted octanol–water partition coefficient (Wildman–Crippen LogP) is 1.63. The quantitative estimate of drug-likeness (QED) is 0.771. The van der Waals surface area contributed by atoms with Gasteiger partial charge in [-0.15, -0.1) is 0 Å². The van der Waals surface area contributed by atoms with Crippen LogP contribution in [0, 0.1) is 0 Å². The molecule has 2 rings (SSSR count). The summed E-state index contributed by atoms with van der Waals surface area (Å²) in [7, 11) is 1.79. The molecule has 3 heteroatoms. The molecule has 0 aromatic rings. The van der Waals surface area contributed by atoms with Gasteiger partial charge in [0.1, 0.15) is 0 Å². The zero-order chi connectivity index (χ0) is 11.8. The highest BCUT2D eigenvalue weighted by Gasteiger charge is 2.38. The van der Waals surface area contributed by atoms with Crippen LogP contribution in [-0.4, -0.2) is 48.8 Å². The fraction of sp³-hybridized carbons (Fsp3) is 1.00. The Morgan fingerprint density at radius 3 is 2.62 bits per heavy atom. The molecule has 2 aliphatic rings. The SMILES string of the molecule is COC(C)(C)CNC1CC(C)N(C2CC2)C1. The second-order valence-corrected chi connectivity index (χ2v) is 6.05. The van der Waals surface area contributed by atoms with Gasteiger partial charge in [-0.1, -0.05) is 0 Å². The Bertz CT molecular complexity index is 238. The van der Waals surface area contributed by atoms with Gasteiger partial charge in [0.15, 0.2) is 0 Å². The summed E-state index contributed by atoms with van der Waals surface area (Å²) in [6.07, 6.45) is 4.12. The van der Waals surface area contributed by atoms with Crippen molar-refractivity contribution in [3.63, 3.8) is 0 Å². The number of nitrogens with one attached hydrogen (secondary N) is 1. The van der Waals surface area contributed by atoms with Crippen molar-refractivity contribution in [2.24, 2.45) is 0 Å². The highest BCUT2D eigenvalue weighted by molar-refractivity contribution is 4.96. The molecule has 16 heavy (non-hydrogen) atoms. The topological polar surface area (TPSA) is 24.5 Å². The minimum atomic E-state index is -0.0454. The van der Waals surface area contributed by atoms with E-state index in [-0.39, 0.29) is 5.60 Å². The molecule has 1 saturated carbocycles. The summed E-state index contributed by atoms with van der Waals surface area (Å²) >= 11 is 0. The Hall–Kier alpha value is -0.120. The van der Waals surface area contributed by atoms with Crippen molar-refractivity contribution < 1.29 is 4.74 Å². The van der Waals surface area contributed by atoms with Gasteiger partial charge in [0, 0.05) is 38.3 Å². The molecule has 0 aromatic heterocycles. The molecule has 1 aliphatic heterocycles. The maximum Gasteiger partial charge on any atom is 0.0746 e. The number of hydrogen-bond acceptors (Lipinski definition) is 3. The minimum Gasteiger partial charge on any atom is -0.377 e. The van der Waals surface area contributed by atoms with Crippen LogP contribution in [0.2, 0.25) is 0 Å². The summed E-state index contributed by atoms with van der Waals surface area (Å²) in [6, 6.07) is 2.32. The molecule has 1 heterocycles. The predicted molar refractivity (Wildman–Crippen MR) is 66.7 cm³/mol. The van der Waals surface area contributed by atoms with E-state index in [4.69, 9.17) is 4.74 Å². The molecule has 2 fully saturated rings. The van der Waals surface area contributed by atoms with E-state index < -0.39 is 0 Å². The van der Waals surface area contributed by atoms with Gasteiger partial charge in [-0.2, -0.15) is 0 Å². The van der Waals surface area contributed by atoms with Crippen molar-refractivity contribution in [3.05, 3.63) is 0 Å². The molecule has 2 unspecified atom stereocenters. The lowest BCUT2D eigenvalue weighted by Gasteiger charge is -2.25. The first-order chi connectivity index (χ1) is 7.52. The third-order valence-corrected chi connectivity index (χ3v) is 4.01. The molecular formula is C13H26N2O. The normalized spacial score (nSPS) is 32.2. The van der Waals surface area contributed by atoms with Crippen LogP contribution in [0.5, 0.6) is 0 Å². The third kappa shape index (κ3) is 2.96. The van der Waals surface area contributed by atoms with Crippen molar-refractivity contribution in [2.45, 2.75) is 63.8 Å². The number of likely N-dealkylation sites (tertiary alicyclic amines) is 1. The van der Waals surface area contributed by atoms with Gasteiger partial charge in [-0.3, -0.25) is 4.90 Å². The number of nitrogens with zero attached hydrogens (tertiary/aromatic N) is 1. The van der Waals surface area contributed by atoms with Gasteiger partial charge >= 0.3 is 0 Å². The Kier molecular flexibility index (Phi) is 3.57. The molecule has 0 amide bonds. The van der Waals surface area contributed by atoms with E-state index in [1.54, 1.807) is 7.11 Å². The zero-order valence-electron chi connectivity index (χ0n) is 11.1. The van der Waals surface area contributed by atoms with E-state index >= 15 is 0 Å². The van der Waals surface area contributed by atoms with Crippen LogP contribution in [0.25, 0.3) is 0 Å². The molecule has 1 aliphatic carbocycles. The lowest BCUT2D eigenvalue weighted by Crippen LogP contribution is -2.43. The Morgan fingerprint density at radius 2 is 2.06 bits per heavy atom. The van der Waals surface area contributed by atoms with E-state index in [0.717, 1.165) is 18.6 Å². The Labute approximate surface area is 99.5 Å². The van der Waals surface area contributed by atoms with E-state index in [1.165, 1.54) is 25.8 Å². The summed E-state index contributed by atoms with van der Waals surface area (Å²) in [5, 5.41) is 3.65. The van der Waals surface area contributed by atoms with Crippen LogP contribution in [0.15, 0.2) is 0 Å². The van der Waals surface area contributed by atoms with E-state index in [2.05, 4.69) is 31.0 Å². The molecule has 1 N–H and O–H groups in total. The zero-order valence-corrected chi connectivity index (χ0v) is 11.1. The van der Waals surface area contributed by atoms with Crippen LogP contribution < -0.4 is 5.32 Å². The molecule has 0 aromatic carbocycles. The number of methoxy groups -OCH3 is 1. The van der Waals surface area contributed by atoms with Crippen molar-refractivity contribution in [3.8, 4) is 0 Å². The molecule has 2 atom stereocenters. The highest BCUT2D eigenvalue weighted by Crippen LogP contribution is 2.33. The first-order valence-electron chi connectivity index (χ1n) is 6.56. The van der Waals surface area contributed by atoms with Gasteiger partial charge in [0.05, 0.1) is 5.60 Å². The summed E-state index contributed by atoms with van der Waals surface area (Å²) < 4.78 is 5.43. The lowest BCUT2D eigenvalue weighted by molar-refractivity contribution is 0.0212. The van der Waals surface area contributed by atoms with Crippen LogP contribution in [-0.2, 0) is 4.74 Å². The maximum absolute atomic E-state index is 5.43. The van der Waals surface area contributed by atoms with Gasteiger partial charge in [-0.05, 0) is 40.0 Å². The summed E-state index contributed by atoms with van der Waals surface area (Å²) in [5.41, 5.74) is -0.0454. The van der Waals surface area contributed by atoms with Gasteiger partial charge in [0.25, 0.3) is 0 Å². The summed E-state index contributed by atoms with van der Waals surface area (Å²) in [5.74, 6) is 0. The van der Waals surface area contributed by atoms with Crippen LogP contribution in [0.3, 0.4) is 0 Å². The van der Waals surface area contributed by atoms with Crippen LogP contribution in [0.1, 0.15) is 40.0 Å². The number of hydrogen-bond donors (Lipinski definition) is 1. The molecule has 0 radical (unpaired) electrons. The standard InChI is InChI=1S/C13H26N2O/c1-10-7-11(8-15(10)12-5-6-12)14-9-13(2,3)16-4/h10-12,14H,5-9H2,1-4H3. The monoisotopic (exact) mass is 226 g/mol. The van der Waals surface area contributed by atoms with Gasteiger partial charge < -0.3 is 10.1 Å². The second kappa shape index (κ2) is 4.63. The van der Waals surface area contributed by atoms with E-state index in [9.17, 15) is 0 Å². The highest BCUT2D eigenvalue weighted by atomic mass is 16.5. The fourth-order valence-corrected chi connectivity index (χ4v) is 2.58. The minimum absolute atomic E-state index is 0.0454. The summed E-state index contributed by atoms with van der Waals surface area (Å²) in [4.78, 5) is 2.68. The first-order valence-corrected chi connectivity index (χ1v) is 6.56. The Morgan fingerprint density at radius 1 is 1.38 bits per heavy atom. The van der Waals surface area contributed by atoms with Gasteiger partial charge in [-0.25, -0.2) is 0 Å². The first kappa shape index (κ1) is 12.3. The van der Waals surface area contributed by atoms with E-state index in [0.29, 0.717) is 6.04 Å². The average molecular weight is 226 g/mol. The van der Waals surface area contributed by atoms with Crippen molar-refractivity contribution >= 4 is 0 Å². The molecule has 0 spiro atoms. The number of ether oxygens (including phenoxy) is 1. The third-order valence-electron chi connectivity index (χ3n) is 4.01. The molecule has 1 saturated heterocycles. The molecule has 3 nitrogen and oxygen atoms in total. The van der Waals surface area contributed by atoms with Gasteiger partial charge in [0.2, 0.25) is 0 Å². The summed E-state index contributed by atoms with van der Waals surface area (Å²) in [6.45, 7) is 8.81. The van der Waals surface area contributed by atoms with Crippen molar-refractivity contribution in [1.82, 2.24) is 10.2 Å². The van der Waals surface area contributed by atoms with Crippen molar-refractivity contribution in [1.29, 1.82) is 0 Å². The average Bonchev–Trinajstić information content (AvgIpc) is 3.01. The smallest absolute Gasteiger partial charge is 0.0746 e. The molecular weight excluding hydrogens is 200 g/mol. The van der Waals surface area contributed by atoms with E-state index in [1.807, 2.05) is 0 Å². The largest absolute Gasteiger partial charge is 0.377 e.